The molecule has 2 aromatic rings. The Morgan fingerprint density at radius 3 is 3.10 bits per heavy atom. The Labute approximate surface area is 117 Å². The lowest BCUT2D eigenvalue weighted by molar-refractivity contribution is 0.0688. The predicted octanol–water partition coefficient (Wildman–Crippen LogP) is 1.92. The van der Waals surface area contributed by atoms with Gasteiger partial charge in [-0.25, -0.2) is 9.78 Å². The first kappa shape index (κ1) is 13.1. The average molecular weight is 273 g/mol. The molecule has 0 radical (unpaired) electrons. The maximum Gasteiger partial charge on any atom is 0.352 e. The Hall–Kier alpha value is -1.88. The van der Waals surface area contributed by atoms with Gasteiger partial charge in [-0.3, -0.25) is 4.40 Å². The number of nitrogens with zero attached hydrogens (tertiary/aromatic N) is 3. The van der Waals surface area contributed by atoms with Crippen molar-refractivity contribution in [1.82, 2.24) is 14.3 Å². The molecule has 1 atom stereocenters. The molecule has 106 valence electrons. The molecule has 3 rings (SSSR count). The second-order valence-electron chi connectivity index (χ2n) is 5.63. The van der Waals surface area contributed by atoms with Gasteiger partial charge in [-0.2, -0.15) is 0 Å². The van der Waals surface area contributed by atoms with Gasteiger partial charge >= 0.3 is 5.97 Å². The van der Waals surface area contributed by atoms with Crippen LogP contribution >= 0.6 is 0 Å². The van der Waals surface area contributed by atoms with Crippen molar-refractivity contribution < 1.29 is 9.90 Å². The van der Waals surface area contributed by atoms with Gasteiger partial charge in [0, 0.05) is 13.0 Å². The van der Waals surface area contributed by atoms with Crippen LogP contribution in [0.2, 0.25) is 0 Å². The highest BCUT2D eigenvalue weighted by Crippen LogP contribution is 2.21. The molecule has 1 saturated heterocycles. The molecule has 5 nitrogen and oxygen atoms in total. The fourth-order valence-corrected chi connectivity index (χ4v) is 3.12. The second kappa shape index (κ2) is 5.25. The number of carbonyl (C=O) groups is 1. The lowest BCUT2D eigenvalue weighted by atomic mass is 9.95. The van der Waals surface area contributed by atoms with Crippen LogP contribution in [0.5, 0.6) is 0 Å². The fourth-order valence-electron chi connectivity index (χ4n) is 3.12. The molecule has 3 heterocycles. The van der Waals surface area contributed by atoms with Crippen LogP contribution < -0.4 is 0 Å². The van der Waals surface area contributed by atoms with Gasteiger partial charge in [-0.15, -0.1) is 0 Å². The molecule has 0 spiro atoms. The summed E-state index contributed by atoms with van der Waals surface area (Å²) in [6.07, 6.45) is 4.99. The van der Waals surface area contributed by atoms with Crippen molar-refractivity contribution in [3.63, 3.8) is 0 Å². The fraction of sp³-hybridized carbons (Fsp3) is 0.467. The number of carboxylic acids is 1. The zero-order valence-corrected chi connectivity index (χ0v) is 11.6. The Balaban J connectivity index is 1.93. The van der Waals surface area contributed by atoms with Gasteiger partial charge in [0.05, 0.1) is 11.7 Å². The van der Waals surface area contributed by atoms with E-state index in [1.807, 2.05) is 6.07 Å². The van der Waals surface area contributed by atoms with Gasteiger partial charge in [0.25, 0.3) is 0 Å². The number of piperidine rings is 1. The van der Waals surface area contributed by atoms with E-state index in [1.165, 1.54) is 12.8 Å². The SMILES string of the molecule is CN1CCCC(Cc2ncc3cccc(C(=O)O)n23)C1. The standard InChI is InChI=1S/C15H19N3O2/c1-17-7-3-4-11(10-17)8-14-16-9-12-5-2-6-13(15(19)20)18(12)14/h2,5-6,9,11H,3-4,7-8,10H2,1H3,(H,19,20). The summed E-state index contributed by atoms with van der Waals surface area (Å²) in [5, 5.41) is 9.32. The van der Waals surface area contributed by atoms with Crippen LogP contribution in [0.1, 0.15) is 29.2 Å². The quantitative estimate of drug-likeness (QED) is 0.928. The lowest BCUT2D eigenvalue weighted by Crippen LogP contribution is -2.33. The van der Waals surface area contributed by atoms with Crippen molar-refractivity contribution in [2.45, 2.75) is 19.3 Å². The first-order valence-corrected chi connectivity index (χ1v) is 7.02. The van der Waals surface area contributed by atoms with E-state index < -0.39 is 5.97 Å². The summed E-state index contributed by atoms with van der Waals surface area (Å²) in [5.41, 5.74) is 1.14. The van der Waals surface area contributed by atoms with Crippen LogP contribution in [0, 0.1) is 5.92 Å². The van der Waals surface area contributed by atoms with Crippen molar-refractivity contribution in [2.75, 3.05) is 20.1 Å². The summed E-state index contributed by atoms with van der Waals surface area (Å²) < 4.78 is 1.77. The summed E-state index contributed by atoms with van der Waals surface area (Å²) in [6.45, 7) is 2.21. The third-order valence-corrected chi connectivity index (χ3v) is 4.04. The summed E-state index contributed by atoms with van der Waals surface area (Å²) >= 11 is 0. The molecule has 5 heteroatoms. The predicted molar refractivity (Wildman–Crippen MR) is 76.1 cm³/mol. The lowest BCUT2D eigenvalue weighted by Gasteiger charge is -2.29. The highest BCUT2D eigenvalue weighted by Gasteiger charge is 2.21. The second-order valence-corrected chi connectivity index (χ2v) is 5.63. The van der Waals surface area contributed by atoms with Gasteiger partial charge < -0.3 is 10.0 Å². The number of pyridine rings is 1. The molecule has 20 heavy (non-hydrogen) atoms. The molecule has 2 aromatic heterocycles. The van der Waals surface area contributed by atoms with Gasteiger partial charge in [0.2, 0.25) is 0 Å². The molecule has 0 bridgehead atoms. The van der Waals surface area contributed by atoms with Crippen LogP contribution in [0.15, 0.2) is 24.4 Å². The number of carboxylic acid groups (broad SMARTS) is 1. The highest BCUT2D eigenvalue weighted by atomic mass is 16.4. The summed E-state index contributed by atoms with van der Waals surface area (Å²) in [5.74, 6) is 0.509. The van der Waals surface area contributed by atoms with Crippen LogP contribution in [-0.2, 0) is 6.42 Å². The molecule has 0 aliphatic carbocycles. The van der Waals surface area contributed by atoms with Crippen LogP contribution in [0.3, 0.4) is 0 Å². The minimum Gasteiger partial charge on any atom is -0.477 e. The van der Waals surface area contributed by atoms with E-state index in [9.17, 15) is 9.90 Å². The van der Waals surface area contributed by atoms with E-state index in [0.29, 0.717) is 11.6 Å². The maximum absolute atomic E-state index is 11.4. The van der Waals surface area contributed by atoms with E-state index in [0.717, 1.165) is 30.9 Å². The molecule has 0 aromatic carbocycles. The molecule has 0 saturated carbocycles. The van der Waals surface area contributed by atoms with E-state index in [-0.39, 0.29) is 0 Å². The molecule has 1 fully saturated rings. The maximum atomic E-state index is 11.4. The third kappa shape index (κ3) is 2.41. The van der Waals surface area contributed by atoms with Crippen molar-refractivity contribution in [1.29, 1.82) is 0 Å². The molecule has 1 aliphatic rings. The first-order valence-electron chi connectivity index (χ1n) is 7.02. The molecule has 1 N–H and O–H groups in total. The van der Waals surface area contributed by atoms with Gasteiger partial charge in [0.1, 0.15) is 11.5 Å². The molecule has 1 aliphatic heterocycles. The number of imidazole rings is 1. The van der Waals surface area contributed by atoms with Gasteiger partial charge in [-0.05, 0) is 44.5 Å². The molecular formula is C15H19N3O2. The normalized spacial score (nSPS) is 20.4. The Morgan fingerprint density at radius 2 is 2.35 bits per heavy atom. The Bertz CT molecular complexity index is 635. The zero-order chi connectivity index (χ0) is 14.1. The number of rotatable bonds is 3. The topological polar surface area (TPSA) is 57.8 Å². The van der Waals surface area contributed by atoms with E-state index in [1.54, 1.807) is 22.7 Å². The number of aromatic nitrogens is 2. The zero-order valence-electron chi connectivity index (χ0n) is 11.6. The summed E-state index contributed by atoms with van der Waals surface area (Å²) in [6, 6.07) is 5.29. The van der Waals surface area contributed by atoms with E-state index in [2.05, 4.69) is 16.9 Å². The first-order chi connectivity index (χ1) is 9.65. The van der Waals surface area contributed by atoms with Crippen molar-refractivity contribution in [3.05, 3.63) is 35.9 Å². The van der Waals surface area contributed by atoms with Crippen molar-refractivity contribution in [2.24, 2.45) is 5.92 Å². The van der Waals surface area contributed by atoms with Crippen molar-refractivity contribution >= 4 is 11.5 Å². The number of fused-ring (bicyclic) bond motifs is 1. The summed E-state index contributed by atoms with van der Waals surface area (Å²) in [4.78, 5) is 18.1. The number of likely N-dealkylation sites (tertiary alicyclic amines) is 1. The number of hydrogen-bond acceptors (Lipinski definition) is 3. The molecule has 0 amide bonds. The number of hydrogen-bond donors (Lipinski definition) is 1. The largest absolute Gasteiger partial charge is 0.477 e. The monoisotopic (exact) mass is 273 g/mol. The van der Waals surface area contributed by atoms with Crippen LogP contribution in [0.4, 0.5) is 0 Å². The Morgan fingerprint density at radius 1 is 1.50 bits per heavy atom. The van der Waals surface area contributed by atoms with Crippen LogP contribution in [-0.4, -0.2) is 45.5 Å². The van der Waals surface area contributed by atoms with Crippen LogP contribution in [0.25, 0.3) is 5.52 Å². The number of aromatic carboxylic acids is 1. The van der Waals surface area contributed by atoms with Gasteiger partial charge in [0.15, 0.2) is 0 Å². The third-order valence-electron chi connectivity index (χ3n) is 4.04. The highest BCUT2D eigenvalue weighted by molar-refractivity contribution is 5.86. The smallest absolute Gasteiger partial charge is 0.352 e. The molecular weight excluding hydrogens is 254 g/mol. The summed E-state index contributed by atoms with van der Waals surface area (Å²) in [7, 11) is 2.14. The van der Waals surface area contributed by atoms with Gasteiger partial charge in [-0.1, -0.05) is 6.07 Å². The van der Waals surface area contributed by atoms with Crippen molar-refractivity contribution in [3.8, 4) is 0 Å². The Kier molecular flexibility index (Phi) is 3.44. The van der Waals surface area contributed by atoms with E-state index >= 15 is 0 Å². The minimum atomic E-state index is -0.907. The average Bonchev–Trinajstić information content (AvgIpc) is 2.82. The minimum absolute atomic E-state index is 0.291. The van der Waals surface area contributed by atoms with E-state index in [4.69, 9.17) is 0 Å². The molecule has 1 unspecified atom stereocenters.